The number of carbonyl (C=O) groups excluding carboxylic acids is 1. The molecule has 0 saturated carbocycles. The average molecular weight is 176 g/mol. The Bertz CT molecular complexity index is 114. The van der Waals surface area contributed by atoms with Crippen LogP contribution in [0.1, 0.15) is 19.8 Å². The lowest BCUT2D eigenvalue weighted by Crippen LogP contribution is -2.07. The van der Waals surface area contributed by atoms with Gasteiger partial charge in [0.05, 0.1) is 19.3 Å². The molecule has 0 aromatic rings. The average Bonchev–Trinajstić information content (AvgIpc) is 2.40. The second kappa shape index (κ2) is 7.06. The fourth-order valence-corrected chi connectivity index (χ4v) is 0.716. The van der Waals surface area contributed by atoms with Crippen LogP contribution in [0.5, 0.6) is 0 Å². The van der Waals surface area contributed by atoms with E-state index < -0.39 is 0 Å². The standard InChI is InChI=1S/C4H6O2.C4H10O2/c5-4-2-1-3-6-4;1-4(5)3-6-2/h1-3H2;4-5H,3H2,1-2H3. The monoisotopic (exact) mass is 176 g/mol. The minimum Gasteiger partial charge on any atom is -0.466 e. The number of rotatable bonds is 2. The summed E-state index contributed by atoms with van der Waals surface area (Å²) in [5.74, 6) is -0.0463. The molecule has 1 aliphatic heterocycles. The van der Waals surface area contributed by atoms with E-state index in [9.17, 15) is 4.79 Å². The quantitative estimate of drug-likeness (QED) is 0.616. The zero-order chi connectivity index (χ0) is 9.40. The van der Waals surface area contributed by atoms with Gasteiger partial charge >= 0.3 is 5.97 Å². The lowest BCUT2D eigenvalue weighted by Gasteiger charge is -1.97. The molecule has 1 heterocycles. The van der Waals surface area contributed by atoms with E-state index in [1.165, 1.54) is 0 Å². The Hall–Kier alpha value is -0.610. The fourth-order valence-electron chi connectivity index (χ4n) is 0.716. The first-order valence-electron chi connectivity index (χ1n) is 3.99. The summed E-state index contributed by atoms with van der Waals surface area (Å²) in [6.45, 7) is 2.75. The van der Waals surface area contributed by atoms with Crippen molar-refractivity contribution in [2.75, 3.05) is 20.3 Å². The number of esters is 1. The molecule has 72 valence electrons. The molecule has 1 N–H and O–H groups in total. The zero-order valence-corrected chi connectivity index (χ0v) is 7.58. The van der Waals surface area contributed by atoms with E-state index in [4.69, 9.17) is 5.11 Å². The fraction of sp³-hybridized carbons (Fsp3) is 0.875. The normalized spacial score (nSPS) is 17.8. The number of cyclic esters (lactones) is 1. The first-order valence-corrected chi connectivity index (χ1v) is 3.99. The number of carbonyl (C=O) groups is 1. The van der Waals surface area contributed by atoms with E-state index >= 15 is 0 Å². The number of hydrogen-bond acceptors (Lipinski definition) is 4. The minimum absolute atomic E-state index is 0.0463. The van der Waals surface area contributed by atoms with Crippen molar-refractivity contribution in [3.05, 3.63) is 0 Å². The van der Waals surface area contributed by atoms with Gasteiger partial charge in [-0.2, -0.15) is 0 Å². The van der Waals surface area contributed by atoms with Crippen LogP contribution in [0, 0.1) is 0 Å². The summed E-state index contributed by atoms with van der Waals surface area (Å²) in [4.78, 5) is 10.0. The lowest BCUT2D eigenvalue weighted by atomic mass is 10.4. The van der Waals surface area contributed by atoms with Crippen LogP contribution < -0.4 is 0 Å². The van der Waals surface area contributed by atoms with Crippen LogP contribution >= 0.6 is 0 Å². The van der Waals surface area contributed by atoms with E-state index in [0.717, 1.165) is 6.42 Å². The van der Waals surface area contributed by atoms with Gasteiger partial charge in [-0.25, -0.2) is 0 Å². The summed E-state index contributed by atoms with van der Waals surface area (Å²) in [5.41, 5.74) is 0. The second-order valence-electron chi connectivity index (χ2n) is 2.63. The highest BCUT2D eigenvalue weighted by Crippen LogP contribution is 2.01. The molecule has 4 heteroatoms. The third kappa shape index (κ3) is 7.50. The number of hydrogen-bond donors (Lipinski definition) is 1. The molecular weight excluding hydrogens is 160 g/mol. The molecule has 0 radical (unpaired) electrons. The van der Waals surface area contributed by atoms with Crippen LogP contribution in [0.25, 0.3) is 0 Å². The first-order chi connectivity index (χ1) is 5.66. The molecule has 1 aliphatic rings. The Morgan fingerprint density at radius 1 is 1.75 bits per heavy atom. The summed E-state index contributed by atoms with van der Waals surface area (Å²) >= 11 is 0. The predicted molar refractivity (Wildman–Crippen MR) is 43.7 cm³/mol. The molecule has 1 unspecified atom stereocenters. The van der Waals surface area contributed by atoms with Gasteiger partial charge < -0.3 is 14.6 Å². The van der Waals surface area contributed by atoms with Crippen LogP contribution in [0.2, 0.25) is 0 Å². The number of methoxy groups -OCH3 is 1. The van der Waals surface area contributed by atoms with Gasteiger partial charge in [-0.05, 0) is 13.3 Å². The van der Waals surface area contributed by atoms with Crippen molar-refractivity contribution < 1.29 is 19.4 Å². The number of aliphatic hydroxyl groups excluding tert-OH is 1. The summed E-state index contributed by atoms with van der Waals surface area (Å²) in [6, 6.07) is 0. The smallest absolute Gasteiger partial charge is 0.305 e. The van der Waals surface area contributed by atoms with Gasteiger partial charge in [-0.1, -0.05) is 0 Å². The molecule has 1 fully saturated rings. The Morgan fingerprint density at radius 2 is 2.42 bits per heavy atom. The van der Waals surface area contributed by atoms with Crippen molar-refractivity contribution in [3.8, 4) is 0 Å². The highest BCUT2D eigenvalue weighted by Gasteiger charge is 2.08. The maximum atomic E-state index is 10.0. The van der Waals surface area contributed by atoms with E-state index in [1.54, 1.807) is 14.0 Å². The van der Waals surface area contributed by atoms with Gasteiger partial charge in [0.25, 0.3) is 0 Å². The molecule has 0 aromatic carbocycles. The molecule has 0 amide bonds. The Balaban J connectivity index is 0.000000202. The number of aliphatic hydroxyl groups is 1. The highest BCUT2D eigenvalue weighted by molar-refractivity contribution is 5.70. The Morgan fingerprint density at radius 3 is 2.50 bits per heavy atom. The summed E-state index contributed by atoms with van der Waals surface area (Å²) in [5, 5.41) is 8.43. The molecule has 12 heavy (non-hydrogen) atoms. The van der Waals surface area contributed by atoms with Crippen LogP contribution in [0.4, 0.5) is 0 Å². The van der Waals surface area contributed by atoms with Crippen molar-refractivity contribution in [1.82, 2.24) is 0 Å². The van der Waals surface area contributed by atoms with Crippen LogP contribution in [-0.2, 0) is 14.3 Å². The molecule has 1 atom stereocenters. The highest BCUT2D eigenvalue weighted by atomic mass is 16.5. The summed E-state index contributed by atoms with van der Waals surface area (Å²) < 4.78 is 9.07. The van der Waals surface area contributed by atoms with E-state index in [0.29, 0.717) is 19.6 Å². The molecule has 4 nitrogen and oxygen atoms in total. The Labute approximate surface area is 72.5 Å². The summed E-state index contributed by atoms with van der Waals surface area (Å²) in [6.07, 6.45) is 1.22. The third-order valence-corrected chi connectivity index (χ3v) is 1.20. The largest absolute Gasteiger partial charge is 0.466 e. The van der Waals surface area contributed by atoms with Gasteiger partial charge in [-0.15, -0.1) is 0 Å². The van der Waals surface area contributed by atoms with Gasteiger partial charge in [0.1, 0.15) is 0 Å². The summed E-state index contributed by atoms with van der Waals surface area (Å²) in [7, 11) is 1.56. The van der Waals surface area contributed by atoms with Crippen LogP contribution in [0.3, 0.4) is 0 Å². The molecule has 0 aromatic heterocycles. The molecule has 0 aliphatic carbocycles. The maximum Gasteiger partial charge on any atom is 0.305 e. The van der Waals surface area contributed by atoms with Gasteiger partial charge in [0.15, 0.2) is 0 Å². The zero-order valence-electron chi connectivity index (χ0n) is 7.58. The van der Waals surface area contributed by atoms with Crippen molar-refractivity contribution in [3.63, 3.8) is 0 Å². The maximum absolute atomic E-state index is 10.0. The molecule has 1 rings (SSSR count). The van der Waals surface area contributed by atoms with Crippen molar-refractivity contribution in [1.29, 1.82) is 0 Å². The molecular formula is C8H16O4. The third-order valence-electron chi connectivity index (χ3n) is 1.20. The molecule has 0 spiro atoms. The van der Waals surface area contributed by atoms with Crippen molar-refractivity contribution in [2.24, 2.45) is 0 Å². The topological polar surface area (TPSA) is 55.8 Å². The van der Waals surface area contributed by atoms with E-state index in [-0.39, 0.29) is 12.1 Å². The van der Waals surface area contributed by atoms with Gasteiger partial charge in [0.2, 0.25) is 0 Å². The minimum atomic E-state index is -0.324. The van der Waals surface area contributed by atoms with Gasteiger partial charge in [0, 0.05) is 13.5 Å². The van der Waals surface area contributed by atoms with E-state index in [2.05, 4.69) is 9.47 Å². The Kier molecular flexibility index (Phi) is 6.70. The van der Waals surface area contributed by atoms with Gasteiger partial charge in [-0.3, -0.25) is 4.79 Å². The van der Waals surface area contributed by atoms with E-state index in [1.807, 2.05) is 0 Å². The predicted octanol–water partition coefficient (Wildman–Crippen LogP) is 0.337. The second-order valence-corrected chi connectivity index (χ2v) is 2.63. The lowest BCUT2D eigenvalue weighted by molar-refractivity contribution is -0.137. The van der Waals surface area contributed by atoms with Crippen molar-refractivity contribution >= 4 is 5.97 Å². The van der Waals surface area contributed by atoms with Crippen molar-refractivity contribution in [2.45, 2.75) is 25.9 Å². The molecule has 1 saturated heterocycles. The van der Waals surface area contributed by atoms with Crippen LogP contribution in [0.15, 0.2) is 0 Å². The SMILES string of the molecule is COCC(C)O.O=C1CCCO1. The number of ether oxygens (including phenoxy) is 2. The van der Waals surface area contributed by atoms with Crippen LogP contribution in [-0.4, -0.2) is 37.5 Å². The molecule has 0 bridgehead atoms. The first kappa shape index (κ1) is 11.4.